The lowest BCUT2D eigenvalue weighted by atomic mass is 10.2. The van der Waals surface area contributed by atoms with E-state index in [0.717, 1.165) is 12.1 Å². The molecule has 1 aromatic heterocycles. The summed E-state index contributed by atoms with van der Waals surface area (Å²) in [5.74, 6) is -4.07. The summed E-state index contributed by atoms with van der Waals surface area (Å²) in [7, 11) is 1.67. The second kappa shape index (κ2) is 5.50. The van der Waals surface area contributed by atoms with E-state index in [1.165, 1.54) is 16.8 Å². The molecule has 3 nitrogen and oxygen atoms in total. The molecular weight excluding hydrogens is 269 g/mol. The van der Waals surface area contributed by atoms with Crippen LogP contribution in [0.4, 0.5) is 13.2 Å². The van der Waals surface area contributed by atoms with Gasteiger partial charge in [-0.2, -0.15) is 0 Å². The molecule has 0 aliphatic heterocycles. The van der Waals surface area contributed by atoms with Gasteiger partial charge in [0, 0.05) is 30.1 Å². The van der Waals surface area contributed by atoms with Crippen LogP contribution in [0.15, 0.2) is 29.2 Å². The second-order valence-corrected chi connectivity index (χ2v) is 4.40. The Morgan fingerprint density at radius 1 is 1.20 bits per heavy atom. The van der Waals surface area contributed by atoms with Crippen LogP contribution in [-0.4, -0.2) is 11.6 Å². The maximum atomic E-state index is 13.8. The SMILES string of the molecule is CNCc1cn(-c2ccc(F)c(F)c2F)c(C)cc1=O. The van der Waals surface area contributed by atoms with Gasteiger partial charge < -0.3 is 9.88 Å². The molecule has 20 heavy (non-hydrogen) atoms. The summed E-state index contributed by atoms with van der Waals surface area (Å²) in [5, 5.41) is 2.82. The highest BCUT2D eigenvalue weighted by Crippen LogP contribution is 2.20. The Balaban J connectivity index is 2.67. The third-order valence-corrected chi connectivity index (χ3v) is 2.96. The van der Waals surface area contributed by atoms with Crippen LogP contribution in [0.1, 0.15) is 11.3 Å². The Kier molecular flexibility index (Phi) is 3.94. The predicted molar refractivity (Wildman–Crippen MR) is 69.4 cm³/mol. The zero-order valence-corrected chi connectivity index (χ0v) is 11.0. The van der Waals surface area contributed by atoms with Gasteiger partial charge in [0.2, 0.25) is 0 Å². The van der Waals surface area contributed by atoms with Gasteiger partial charge in [-0.25, -0.2) is 13.2 Å². The molecule has 0 atom stereocenters. The smallest absolute Gasteiger partial charge is 0.196 e. The van der Waals surface area contributed by atoms with E-state index in [1.807, 2.05) is 0 Å². The van der Waals surface area contributed by atoms with E-state index >= 15 is 0 Å². The summed E-state index contributed by atoms with van der Waals surface area (Å²) >= 11 is 0. The molecule has 2 rings (SSSR count). The number of hydrogen-bond acceptors (Lipinski definition) is 2. The van der Waals surface area contributed by atoms with Crippen molar-refractivity contribution < 1.29 is 13.2 Å². The summed E-state index contributed by atoms with van der Waals surface area (Å²) in [6.07, 6.45) is 1.42. The molecule has 2 aromatic rings. The lowest BCUT2D eigenvalue weighted by molar-refractivity contribution is 0.444. The number of aromatic nitrogens is 1. The minimum Gasteiger partial charge on any atom is -0.318 e. The first-order valence-electron chi connectivity index (χ1n) is 5.96. The number of pyridine rings is 1. The van der Waals surface area contributed by atoms with Crippen molar-refractivity contribution in [2.75, 3.05) is 7.05 Å². The van der Waals surface area contributed by atoms with Gasteiger partial charge in [0.1, 0.15) is 0 Å². The molecule has 0 saturated heterocycles. The molecule has 0 saturated carbocycles. The molecule has 0 unspecified atom stereocenters. The average Bonchev–Trinajstić information content (AvgIpc) is 2.40. The average molecular weight is 282 g/mol. The van der Waals surface area contributed by atoms with Gasteiger partial charge in [-0.15, -0.1) is 0 Å². The highest BCUT2D eigenvalue weighted by molar-refractivity contribution is 5.38. The highest BCUT2D eigenvalue weighted by atomic mass is 19.2. The monoisotopic (exact) mass is 282 g/mol. The van der Waals surface area contributed by atoms with Crippen molar-refractivity contribution >= 4 is 0 Å². The molecule has 6 heteroatoms. The molecule has 1 aromatic carbocycles. The van der Waals surface area contributed by atoms with Gasteiger partial charge >= 0.3 is 0 Å². The zero-order valence-electron chi connectivity index (χ0n) is 11.0. The maximum Gasteiger partial charge on any atom is 0.196 e. The van der Waals surface area contributed by atoms with Crippen LogP contribution in [-0.2, 0) is 6.54 Å². The normalized spacial score (nSPS) is 10.8. The number of hydrogen-bond donors (Lipinski definition) is 1. The van der Waals surface area contributed by atoms with E-state index in [1.54, 1.807) is 14.0 Å². The van der Waals surface area contributed by atoms with Gasteiger partial charge in [0.15, 0.2) is 22.9 Å². The summed E-state index contributed by atoms with van der Waals surface area (Å²) in [4.78, 5) is 11.7. The molecule has 0 aliphatic rings. The fourth-order valence-electron chi connectivity index (χ4n) is 1.96. The van der Waals surface area contributed by atoms with Gasteiger partial charge in [-0.1, -0.05) is 0 Å². The van der Waals surface area contributed by atoms with Gasteiger partial charge in [-0.05, 0) is 26.1 Å². The standard InChI is InChI=1S/C14H13F3N2O/c1-8-5-12(20)9(6-18-2)7-19(8)11-4-3-10(15)13(16)14(11)17/h3-5,7,18H,6H2,1-2H3. The third kappa shape index (κ3) is 2.46. The van der Waals surface area contributed by atoms with Crippen LogP contribution >= 0.6 is 0 Å². The molecular formula is C14H13F3N2O. The van der Waals surface area contributed by atoms with Crippen LogP contribution in [0.3, 0.4) is 0 Å². The predicted octanol–water partition coefficient (Wildman–Crippen LogP) is 2.28. The molecule has 1 heterocycles. The Hall–Kier alpha value is -2.08. The quantitative estimate of drug-likeness (QED) is 0.876. The van der Waals surface area contributed by atoms with Crippen molar-refractivity contribution in [3.8, 4) is 5.69 Å². The first kappa shape index (κ1) is 14.3. The molecule has 1 N–H and O–H groups in total. The van der Waals surface area contributed by atoms with E-state index in [-0.39, 0.29) is 11.1 Å². The number of halogens is 3. The number of nitrogens with one attached hydrogen (secondary N) is 1. The van der Waals surface area contributed by atoms with E-state index in [9.17, 15) is 18.0 Å². The number of benzene rings is 1. The van der Waals surface area contributed by atoms with Crippen LogP contribution in [0.25, 0.3) is 5.69 Å². The van der Waals surface area contributed by atoms with Crippen molar-refractivity contribution in [2.45, 2.75) is 13.5 Å². The van der Waals surface area contributed by atoms with Crippen molar-refractivity contribution in [1.29, 1.82) is 0 Å². The fraction of sp³-hybridized carbons (Fsp3) is 0.214. The maximum absolute atomic E-state index is 13.8. The van der Waals surface area contributed by atoms with Crippen molar-refractivity contribution in [2.24, 2.45) is 0 Å². The minimum atomic E-state index is -1.53. The summed E-state index contributed by atoms with van der Waals surface area (Å²) in [6, 6.07) is 3.31. The minimum absolute atomic E-state index is 0.140. The second-order valence-electron chi connectivity index (χ2n) is 4.40. The molecule has 0 spiro atoms. The third-order valence-electron chi connectivity index (χ3n) is 2.96. The van der Waals surface area contributed by atoms with Crippen molar-refractivity contribution in [1.82, 2.24) is 9.88 Å². The highest BCUT2D eigenvalue weighted by Gasteiger charge is 2.16. The Labute approximate surface area is 113 Å². The lowest BCUT2D eigenvalue weighted by Gasteiger charge is -2.14. The van der Waals surface area contributed by atoms with Crippen molar-refractivity contribution in [3.63, 3.8) is 0 Å². The van der Waals surface area contributed by atoms with Crippen molar-refractivity contribution in [3.05, 3.63) is 63.3 Å². The topological polar surface area (TPSA) is 34.0 Å². The number of rotatable bonds is 3. The Morgan fingerprint density at radius 2 is 1.90 bits per heavy atom. The van der Waals surface area contributed by atoms with E-state index < -0.39 is 17.5 Å². The van der Waals surface area contributed by atoms with Gasteiger partial charge in [-0.3, -0.25) is 4.79 Å². The largest absolute Gasteiger partial charge is 0.318 e. The number of nitrogens with zero attached hydrogens (tertiary/aromatic N) is 1. The first-order valence-corrected chi connectivity index (χ1v) is 5.96. The summed E-state index contributed by atoms with van der Waals surface area (Å²) < 4.78 is 41.4. The molecule has 0 fully saturated rings. The summed E-state index contributed by atoms with van der Waals surface area (Å²) in [6.45, 7) is 1.88. The Bertz CT molecular complexity index is 710. The molecule has 0 aliphatic carbocycles. The van der Waals surface area contributed by atoms with Crippen LogP contribution < -0.4 is 10.7 Å². The van der Waals surface area contributed by atoms with Gasteiger partial charge in [0.25, 0.3) is 0 Å². The molecule has 106 valence electrons. The molecule has 0 bridgehead atoms. The lowest BCUT2D eigenvalue weighted by Crippen LogP contribution is -2.19. The molecule has 0 amide bonds. The van der Waals surface area contributed by atoms with Crippen LogP contribution in [0, 0.1) is 24.4 Å². The van der Waals surface area contributed by atoms with E-state index in [2.05, 4.69) is 5.32 Å². The van der Waals surface area contributed by atoms with E-state index in [4.69, 9.17) is 0 Å². The van der Waals surface area contributed by atoms with Crippen LogP contribution in [0.2, 0.25) is 0 Å². The van der Waals surface area contributed by atoms with E-state index in [0.29, 0.717) is 17.8 Å². The first-order chi connectivity index (χ1) is 9.45. The Morgan fingerprint density at radius 3 is 2.55 bits per heavy atom. The zero-order chi connectivity index (χ0) is 14.9. The van der Waals surface area contributed by atoms with Crippen LogP contribution in [0.5, 0.6) is 0 Å². The van der Waals surface area contributed by atoms with Gasteiger partial charge in [0.05, 0.1) is 5.69 Å². The fourth-order valence-corrected chi connectivity index (χ4v) is 1.96. The summed E-state index contributed by atoms with van der Waals surface area (Å²) in [5.41, 5.74) is 0.497. The molecule has 0 radical (unpaired) electrons. The number of aryl methyl sites for hydroxylation is 1.